The third kappa shape index (κ3) is 4.46. The van der Waals surface area contributed by atoms with Gasteiger partial charge in [0.05, 0.1) is 0 Å². The fraction of sp³-hybridized carbons (Fsp3) is 0.333. The SMILES string of the molecule is CC(CCc1ccccc1)N[C@@H](C)c1ccccc1Br. The Bertz CT molecular complexity index is 524. The first-order valence-electron chi connectivity index (χ1n) is 7.21. The molecule has 2 atom stereocenters. The van der Waals surface area contributed by atoms with Crippen LogP contribution >= 0.6 is 15.9 Å². The van der Waals surface area contributed by atoms with Gasteiger partial charge in [-0.1, -0.05) is 64.5 Å². The van der Waals surface area contributed by atoms with Gasteiger partial charge in [-0.3, -0.25) is 0 Å². The number of halogens is 1. The summed E-state index contributed by atoms with van der Waals surface area (Å²) in [6, 6.07) is 20.0. The lowest BCUT2D eigenvalue weighted by atomic mass is 10.0. The van der Waals surface area contributed by atoms with Gasteiger partial charge in [0.15, 0.2) is 0 Å². The van der Waals surface area contributed by atoms with Gasteiger partial charge in [-0.2, -0.15) is 0 Å². The second-order valence-electron chi connectivity index (χ2n) is 5.34. The highest BCUT2D eigenvalue weighted by molar-refractivity contribution is 9.10. The summed E-state index contributed by atoms with van der Waals surface area (Å²) in [6.07, 6.45) is 2.27. The van der Waals surface area contributed by atoms with Crippen molar-refractivity contribution in [2.24, 2.45) is 0 Å². The average molecular weight is 332 g/mol. The van der Waals surface area contributed by atoms with Gasteiger partial charge in [0, 0.05) is 16.6 Å². The zero-order valence-electron chi connectivity index (χ0n) is 12.1. The molecule has 0 spiro atoms. The Balaban J connectivity index is 1.85. The molecule has 106 valence electrons. The first-order chi connectivity index (χ1) is 9.66. The number of benzene rings is 2. The Morgan fingerprint density at radius 1 is 0.950 bits per heavy atom. The predicted octanol–water partition coefficient (Wildman–Crippen LogP) is 5.12. The first-order valence-corrected chi connectivity index (χ1v) is 8.00. The Kier molecular flexibility index (Phi) is 5.81. The maximum absolute atomic E-state index is 3.68. The fourth-order valence-corrected chi connectivity index (χ4v) is 3.08. The van der Waals surface area contributed by atoms with Gasteiger partial charge in [0.2, 0.25) is 0 Å². The second-order valence-corrected chi connectivity index (χ2v) is 6.19. The van der Waals surface area contributed by atoms with Gasteiger partial charge in [-0.05, 0) is 43.9 Å². The van der Waals surface area contributed by atoms with Crippen molar-refractivity contribution >= 4 is 15.9 Å². The molecule has 1 N–H and O–H groups in total. The van der Waals surface area contributed by atoms with Gasteiger partial charge in [0.1, 0.15) is 0 Å². The molecule has 20 heavy (non-hydrogen) atoms. The maximum Gasteiger partial charge on any atom is 0.0305 e. The molecule has 2 aromatic carbocycles. The third-order valence-electron chi connectivity index (χ3n) is 3.62. The van der Waals surface area contributed by atoms with E-state index < -0.39 is 0 Å². The van der Waals surface area contributed by atoms with E-state index in [0.717, 1.165) is 12.8 Å². The van der Waals surface area contributed by atoms with E-state index in [1.807, 2.05) is 0 Å². The molecule has 0 fully saturated rings. The Hall–Kier alpha value is -1.12. The first kappa shape index (κ1) is 15.3. The molecule has 0 aliphatic carbocycles. The second kappa shape index (κ2) is 7.61. The standard InChI is InChI=1S/C18H22BrN/c1-14(12-13-16-8-4-3-5-9-16)20-15(2)17-10-6-7-11-18(17)19/h3-11,14-15,20H,12-13H2,1-2H3/t14?,15-/m0/s1. The van der Waals surface area contributed by atoms with Crippen LogP contribution in [0, 0.1) is 0 Å². The molecule has 0 aliphatic rings. The van der Waals surface area contributed by atoms with Crippen molar-refractivity contribution in [1.29, 1.82) is 0 Å². The van der Waals surface area contributed by atoms with E-state index in [4.69, 9.17) is 0 Å². The van der Waals surface area contributed by atoms with Crippen LogP contribution in [-0.2, 0) is 6.42 Å². The number of hydrogen-bond donors (Lipinski definition) is 1. The molecule has 1 nitrogen and oxygen atoms in total. The molecular weight excluding hydrogens is 310 g/mol. The molecule has 2 aromatic rings. The third-order valence-corrected chi connectivity index (χ3v) is 4.34. The van der Waals surface area contributed by atoms with Crippen molar-refractivity contribution in [3.63, 3.8) is 0 Å². The van der Waals surface area contributed by atoms with Gasteiger partial charge < -0.3 is 5.32 Å². The lowest BCUT2D eigenvalue weighted by molar-refractivity contribution is 0.455. The van der Waals surface area contributed by atoms with E-state index >= 15 is 0 Å². The zero-order valence-corrected chi connectivity index (χ0v) is 13.7. The van der Waals surface area contributed by atoms with Crippen molar-refractivity contribution < 1.29 is 0 Å². The molecular formula is C18H22BrN. The van der Waals surface area contributed by atoms with Crippen molar-refractivity contribution in [1.82, 2.24) is 5.32 Å². The lowest BCUT2D eigenvalue weighted by Gasteiger charge is -2.21. The van der Waals surface area contributed by atoms with E-state index in [0.29, 0.717) is 12.1 Å². The van der Waals surface area contributed by atoms with Crippen molar-refractivity contribution in [3.05, 3.63) is 70.2 Å². The van der Waals surface area contributed by atoms with Gasteiger partial charge in [-0.15, -0.1) is 0 Å². The summed E-state index contributed by atoms with van der Waals surface area (Å²) < 4.78 is 1.18. The minimum absolute atomic E-state index is 0.358. The molecule has 0 heterocycles. The summed E-state index contributed by atoms with van der Waals surface area (Å²) in [4.78, 5) is 0. The normalized spacial score (nSPS) is 13.9. The molecule has 0 radical (unpaired) electrons. The monoisotopic (exact) mass is 331 g/mol. The van der Waals surface area contributed by atoms with Crippen molar-refractivity contribution in [2.75, 3.05) is 0 Å². The minimum atomic E-state index is 0.358. The lowest BCUT2D eigenvalue weighted by Crippen LogP contribution is -2.29. The number of hydrogen-bond acceptors (Lipinski definition) is 1. The van der Waals surface area contributed by atoms with Gasteiger partial charge in [-0.25, -0.2) is 0 Å². The number of aryl methyl sites for hydroxylation is 1. The van der Waals surface area contributed by atoms with E-state index in [2.05, 4.69) is 89.7 Å². The highest BCUT2D eigenvalue weighted by atomic mass is 79.9. The van der Waals surface area contributed by atoms with Crippen LogP contribution in [0.3, 0.4) is 0 Å². The summed E-state index contributed by atoms with van der Waals surface area (Å²) in [5, 5.41) is 3.68. The summed E-state index contributed by atoms with van der Waals surface area (Å²) in [6.45, 7) is 4.48. The summed E-state index contributed by atoms with van der Waals surface area (Å²) >= 11 is 3.62. The highest BCUT2D eigenvalue weighted by Crippen LogP contribution is 2.23. The zero-order chi connectivity index (χ0) is 14.4. The van der Waals surface area contributed by atoms with E-state index in [-0.39, 0.29) is 0 Å². The van der Waals surface area contributed by atoms with Crippen molar-refractivity contribution in [3.8, 4) is 0 Å². The number of nitrogens with one attached hydrogen (secondary N) is 1. The average Bonchev–Trinajstić information content (AvgIpc) is 2.46. The smallest absolute Gasteiger partial charge is 0.0305 e. The molecule has 0 bridgehead atoms. The maximum atomic E-state index is 3.68. The topological polar surface area (TPSA) is 12.0 Å². The van der Waals surface area contributed by atoms with Crippen LogP contribution in [0.25, 0.3) is 0 Å². The van der Waals surface area contributed by atoms with Crippen LogP contribution in [0.15, 0.2) is 59.1 Å². The summed E-state index contributed by atoms with van der Waals surface area (Å²) in [5.74, 6) is 0. The number of rotatable bonds is 6. The molecule has 2 rings (SSSR count). The fourth-order valence-electron chi connectivity index (χ4n) is 2.45. The Morgan fingerprint density at radius 3 is 2.30 bits per heavy atom. The predicted molar refractivity (Wildman–Crippen MR) is 89.9 cm³/mol. The molecule has 0 aromatic heterocycles. The summed E-state index contributed by atoms with van der Waals surface area (Å²) in [5.41, 5.74) is 2.73. The van der Waals surface area contributed by atoms with E-state index in [1.54, 1.807) is 0 Å². The van der Waals surface area contributed by atoms with Crippen LogP contribution in [0.4, 0.5) is 0 Å². The highest BCUT2D eigenvalue weighted by Gasteiger charge is 2.11. The van der Waals surface area contributed by atoms with Gasteiger partial charge in [0.25, 0.3) is 0 Å². The van der Waals surface area contributed by atoms with Crippen LogP contribution in [0.1, 0.15) is 37.4 Å². The molecule has 0 aliphatic heterocycles. The van der Waals surface area contributed by atoms with E-state index in [1.165, 1.54) is 15.6 Å². The Labute approximate surface area is 130 Å². The van der Waals surface area contributed by atoms with E-state index in [9.17, 15) is 0 Å². The molecule has 1 unspecified atom stereocenters. The van der Waals surface area contributed by atoms with Crippen LogP contribution in [0.2, 0.25) is 0 Å². The largest absolute Gasteiger partial charge is 0.308 e. The summed E-state index contributed by atoms with van der Waals surface area (Å²) in [7, 11) is 0. The minimum Gasteiger partial charge on any atom is -0.308 e. The van der Waals surface area contributed by atoms with Crippen LogP contribution < -0.4 is 5.32 Å². The quantitative estimate of drug-likeness (QED) is 0.774. The molecule has 2 heteroatoms. The molecule has 0 saturated carbocycles. The molecule has 0 amide bonds. The van der Waals surface area contributed by atoms with Gasteiger partial charge >= 0.3 is 0 Å². The van der Waals surface area contributed by atoms with Crippen LogP contribution in [-0.4, -0.2) is 6.04 Å². The van der Waals surface area contributed by atoms with Crippen molar-refractivity contribution in [2.45, 2.75) is 38.8 Å². The van der Waals surface area contributed by atoms with Crippen LogP contribution in [0.5, 0.6) is 0 Å². The Morgan fingerprint density at radius 2 is 1.60 bits per heavy atom. The molecule has 0 saturated heterocycles.